The molecular weight excluding hydrogens is 380 g/mol. The molecule has 4 heterocycles. The molecule has 144 valence electrons. The van der Waals surface area contributed by atoms with Crippen LogP contribution in [0.2, 0.25) is 0 Å². The summed E-state index contributed by atoms with van der Waals surface area (Å²) in [6.07, 6.45) is 5.24. The molecule has 0 aromatic carbocycles. The number of methoxy groups -OCH3 is 1. The van der Waals surface area contributed by atoms with Crippen LogP contribution in [-0.2, 0) is 18.8 Å². The number of thiophene rings is 1. The van der Waals surface area contributed by atoms with Crippen molar-refractivity contribution in [3.8, 4) is 0 Å². The van der Waals surface area contributed by atoms with E-state index in [0.717, 1.165) is 21.6 Å². The van der Waals surface area contributed by atoms with E-state index in [2.05, 4.69) is 30.8 Å². The maximum atomic E-state index is 11.7. The van der Waals surface area contributed by atoms with Crippen molar-refractivity contribution >= 4 is 50.8 Å². The third kappa shape index (κ3) is 3.27. The van der Waals surface area contributed by atoms with E-state index >= 15 is 0 Å². The number of anilines is 4. The number of ether oxygens (including phenoxy) is 1. The van der Waals surface area contributed by atoms with Crippen LogP contribution in [0.5, 0.6) is 0 Å². The van der Waals surface area contributed by atoms with Crippen LogP contribution in [-0.4, -0.2) is 42.6 Å². The van der Waals surface area contributed by atoms with Crippen LogP contribution in [0.4, 0.5) is 22.5 Å². The number of carbonyl (C=O) groups is 1. The second kappa shape index (κ2) is 6.93. The third-order valence-electron chi connectivity index (χ3n) is 4.08. The predicted octanol–water partition coefficient (Wildman–Crippen LogP) is 2.74. The number of aromatic nitrogens is 6. The van der Waals surface area contributed by atoms with Gasteiger partial charge in [0.2, 0.25) is 5.95 Å². The first-order valence-corrected chi connectivity index (χ1v) is 9.17. The number of fused-ring (bicyclic) bond motifs is 1. The number of nitrogens with one attached hydrogen (secondary N) is 2. The van der Waals surface area contributed by atoms with Crippen molar-refractivity contribution in [2.75, 3.05) is 17.7 Å². The Morgan fingerprint density at radius 3 is 2.79 bits per heavy atom. The zero-order valence-corrected chi connectivity index (χ0v) is 16.5. The number of hydrogen-bond donors (Lipinski definition) is 2. The van der Waals surface area contributed by atoms with Crippen molar-refractivity contribution in [3.63, 3.8) is 0 Å². The molecule has 28 heavy (non-hydrogen) atoms. The van der Waals surface area contributed by atoms with Crippen LogP contribution in [0.3, 0.4) is 0 Å². The molecule has 10 nitrogen and oxygen atoms in total. The molecule has 11 heteroatoms. The molecule has 4 aromatic heterocycles. The lowest BCUT2D eigenvalue weighted by Crippen LogP contribution is -1.98. The fourth-order valence-corrected chi connectivity index (χ4v) is 3.71. The van der Waals surface area contributed by atoms with E-state index in [9.17, 15) is 4.79 Å². The van der Waals surface area contributed by atoms with Crippen molar-refractivity contribution in [1.29, 1.82) is 0 Å². The average molecular weight is 398 g/mol. The summed E-state index contributed by atoms with van der Waals surface area (Å²) in [5.74, 6) is 0.712. The fraction of sp³-hybridized carbons (Fsp3) is 0.235. The maximum absolute atomic E-state index is 11.7. The molecule has 0 aliphatic carbocycles. The molecule has 0 radical (unpaired) electrons. The minimum Gasteiger partial charge on any atom is -0.465 e. The highest BCUT2D eigenvalue weighted by Crippen LogP contribution is 2.32. The SMILES string of the molecule is COC(=O)c1cc(C)c(Nc2nn(C)c3nc(Nc4cnn(C)c4)ncc23)s1. The van der Waals surface area contributed by atoms with Gasteiger partial charge >= 0.3 is 5.97 Å². The van der Waals surface area contributed by atoms with E-state index in [4.69, 9.17) is 4.74 Å². The highest BCUT2D eigenvalue weighted by Gasteiger charge is 2.17. The van der Waals surface area contributed by atoms with Crippen LogP contribution in [0, 0.1) is 6.92 Å². The number of esters is 1. The monoisotopic (exact) mass is 398 g/mol. The predicted molar refractivity (Wildman–Crippen MR) is 106 cm³/mol. The Balaban J connectivity index is 1.64. The lowest BCUT2D eigenvalue weighted by Gasteiger charge is -2.03. The minimum absolute atomic E-state index is 0.360. The van der Waals surface area contributed by atoms with E-state index < -0.39 is 0 Å². The summed E-state index contributed by atoms with van der Waals surface area (Å²) in [5, 5.41) is 16.6. The summed E-state index contributed by atoms with van der Waals surface area (Å²) in [6, 6.07) is 1.79. The van der Waals surface area contributed by atoms with Gasteiger partial charge in [0.15, 0.2) is 11.5 Å². The van der Waals surface area contributed by atoms with E-state index in [1.807, 2.05) is 27.2 Å². The van der Waals surface area contributed by atoms with Gasteiger partial charge in [0.25, 0.3) is 0 Å². The Hall–Kier alpha value is -3.47. The van der Waals surface area contributed by atoms with Crippen molar-refractivity contribution in [2.45, 2.75) is 6.92 Å². The van der Waals surface area contributed by atoms with Crippen LogP contribution >= 0.6 is 11.3 Å². The molecule has 0 amide bonds. The highest BCUT2D eigenvalue weighted by atomic mass is 32.1. The molecule has 0 aliphatic heterocycles. The maximum Gasteiger partial charge on any atom is 0.348 e. The van der Waals surface area contributed by atoms with Gasteiger partial charge in [-0.15, -0.1) is 11.3 Å². The normalized spacial score (nSPS) is 11.0. The van der Waals surface area contributed by atoms with Crippen molar-refractivity contribution in [1.82, 2.24) is 29.5 Å². The molecular formula is C17H18N8O2S. The largest absolute Gasteiger partial charge is 0.465 e. The Morgan fingerprint density at radius 2 is 2.07 bits per heavy atom. The smallest absolute Gasteiger partial charge is 0.348 e. The van der Waals surface area contributed by atoms with Crippen LogP contribution < -0.4 is 10.6 Å². The summed E-state index contributed by atoms with van der Waals surface area (Å²) < 4.78 is 8.16. The summed E-state index contributed by atoms with van der Waals surface area (Å²) in [5.41, 5.74) is 2.40. The Labute approximate surface area is 164 Å². The van der Waals surface area contributed by atoms with Gasteiger partial charge < -0.3 is 15.4 Å². The van der Waals surface area contributed by atoms with E-state index in [1.54, 1.807) is 27.8 Å². The standard InChI is InChI=1S/C17H18N8O2S/c1-9-5-12(16(26)27-4)28-15(9)21-13-11-7-18-17(22-14(11)25(3)23-13)20-10-6-19-24(2)8-10/h5-8H,1-4H3,(H,21,23)(H,18,20,22). The summed E-state index contributed by atoms with van der Waals surface area (Å²) >= 11 is 1.31. The van der Waals surface area contributed by atoms with Gasteiger partial charge in [0.1, 0.15) is 4.88 Å². The number of rotatable bonds is 5. The van der Waals surface area contributed by atoms with E-state index in [0.29, 0.717) is 22.3 Å². The first-order chi connectivity index (χ1) is 13.4. The molecule has 0 saturated carbocycles. The summed E-state index contributed by atoms with van der Waals surface area (Å²) in [6.45, 7) is 1.92. The van der Waals surface area contributed by atoms with Gasteiger partial charge in [-0.25, -0.2) is 14.5 Å². The molecule has 0 atom stereocenters. The molecule has 0 aliphatic rings. The second-order valence-electron chi connectivity index (χ2n) is 6.17. The van der Waals surface area contributed by atoms with Crippen LogP contribution in [0.25, 0.3) is 11.0 Å². The molecule has 0 bridgehead atoms. The van der Waals surface area contributed by atoms with Crippen molar-refractivity contribution in [3.05, 3.63) is 35.1 Å². The zero-order valence-electron chi connectivity index (χ0n) is 15.7. The van der Waals surface area contributed by atoms with E-state index in [-0.39, 0.29) is 5.97 Å². The Bertz CT molecular complexity index is 1180. The quantitative estimate of drug-likeness (QED) is 0.494. The molecule has 4 rings (SSSR count). The number of hydrogen-bond acceptors (Lipinski definition) is 9. The summed E-state index contributed by atoms with van der Waals surface area (Å²) in [7, 11) is 5.02. The van der Waals surface area contributed by atoms with Crippen LogP contribution in [0.15, 0.2) is 24.7 Å². The second-order valence-corrected chi connectivity index (χ2v) is 7.22. The fourth-order valence-electron chi connectivity index (χ4n) is 2.72. The van der Waals surface area contributed by atoms with Crippen molar-refractivity contribution in [2.24, 2.45) is 14.1 Å². The highest BCUT2D eigenvalue weighted by molar-refractivity contribution is 7.18. The molecule has 0 fully saturated rings. The Kier molecular flexibility index (Phi) is 4.43. The molecule has 2 N–H and O–H groups in total. The first-order valence-electron chi connectivity index (χ1n) is 8.36. The minimum atomic E-state index is -0.360. The van der Waals surface area contributed by atoms with Gasteiger partial charge in [-0.3, -0.25) is 4.68 Å². The number of carbonyl (C=O) groups excluding carboxylic acids is 1. The average Bonchev–Trinajstić information content (AvgIpc) is 3.34. The zero-order chi connectivity index (χ0) is 19.8. The lowest BCUT2D eigenvalue weighted by atomic mass is 10.3. The molecule has 0 unspecified atom stereocenters. The summed E-state index contributed by atoms with van der Waals surface area (Å²) in [4.78, 5) is 21.2. The van der Waals surface area contributed by atoms with Gasteiger partial charge in [0.05, 0.1) is 29.4 Å². The van der Waals surface area contributed by atoms with Gasteiger partial charge in [-0.05, 0) is 18.6 Å². The molecule has 4 aromatic rings. The number of aryl methyl sites for hydroxylation is 3. The van der Waals surface area contributed by atoms with Gasteiger partial charge in [-0.1, -0.05) is 0 Å². The third-order valence-corrected chi connectivity index (χ3v) is 5.21. The van der Waals surface area contributed by atoms with Gasteiger partial charge in [-0.2, -0.15) is 15.2 Å². The number of nitrogens with zero attached hydrogens (tertiary/aromatic N) is 6. The first kappa shape index (κ1) is 17.9. The van der Waals surface area contributed by atoms with Gasteiger partial charge in [0, 0.05) is 26.5 Å². The lowest BCUT2D eigenvalue weighted by molar-refractivity contribution is 0.0606. The van der Waals surface area contributed by atoms with E-state index in [1.165, 1.54) is 18.4 Å². The van der Waals surface area contributed by atoms with Crippen LogP contribution in [0.1, 0.15) is 15.2 Å². The Morgan fingerprint density at radius 1 is 1.25 bits per heavy atom. The van der Waals surface area contributed by atoms with Crippen molar-refractivity contribution < 1.29 is 9.53 Å². The molecule has 0 spiro atoms. The molecule has 0 saturated heterocycles. The topological polar surface area (TPSA) is 112 Å².